The van der Waals surface area contributed by atoms with Crippen molar-refractivity contribution >= 4 is 28.9 Å². The number of benzene rings is 1. The number of carbonyl (C=O) groups is 2. The zero-order valence-corrected chi connectivity index (χ0v) is 18.9. The predicted molar refractivity (Wildman–Crippen MR) is 120 cm³/mol. The van der Waals surface area contributed by atoms with Crippen molar-refractivity contribution in [2.45, 2.75) is 31.7 Å². The number of hydrogen-bond donors (Lipinski definition) is 0. The van der Waals surface area contributed by atoms with Crippen LogP contribution < -0.4 is 9.47 Å². The second-order valence-corrected chi connectivity index (χ2v) is 8.86. The average molecular weight is 442 g/mol. The van der Waals surface area contributed by atoms with Gasteiger partial charge in [-0.1, -0.05) is 12.5 Å². The van der Waals surface area contributed by atoms with Crippen molar-refractivity contribution in [3.05, 3.63) is 46.2 Å². The second kappa shape index (κ2) is 9.09. The van der Waals surface area contributed by atoms with Crippen molar-refractivity contribution in [3.63, 3.8) is 0 Å². The fourth-order valence-corrected chi connectivity index (χ4v) is 4.72. The van der Waals surface area contributed by atoms with Gasteiger partial charge in [-0.3, -0.25) is 9.59 Å². The lowest BCUT2D eigenvalue weighted by Crippen LogP contribution is -2.42. The van der Waals surface area contributed by atoms with Crippen molar-refractivity contribution in [2.75, 3.05) is 27.8 Å². The van der Waals surface area contributed by atoms with Gasteiger partial charge in [-0.05, 0) is 42.5 Å². The Morgan fingerprint density at radius 1 is 1.23 bits per heavy atom. The number of nitrogens with zero attached hydrogens (tertiary/aromatic N) is 3. The van der Waals surface area contributed by atoms with Gasteiger partial charge in [0.15, 0.2) is 0 Å². The first-order valence-electron chi connectivity index (χ1n) is 10.4. The summed E-state index contributed by atoms with van der Waals surface area (Å²) in [5.41, 5.74) is 1.68. The third kappa shape index (κ3) is 4.30. The maximum Gasteiger partial charge on any atom is 0.262 e. The van der Waals surface area contributed by atoms with Crippen LogP contribution in [0.4, 0.5) is 0 Å². The Labute approximate surface area is 186 Å². The molecule has 7 nitrogen and oxygen atoms in total. The van der Waals surface area contributed by atoms with Crippen LogP contribution >= 0.6 is 11.3 Å². The standard InChI is InChI=1S/C23H27N3O4S/c1-25(23(28)15-6-4-7-15)14-22(27)26-19(13-18(24-26)21-8-5-11-31-21)17-12-16(29-2)9-10-20(17)30-3/h5,8-12,15,19H,4,6-7,13-14H2,1-3H3. The molecule has 1 atom stereocenters. The number of likely N-dealkylation sites (N-methyl/N-ethyl adjacent to an activating group) is 1. The molecule has 2 aromatic rings. The highest BCUT2D eigenvalue weighted by atomic mass is 32.1. The number of hydrogen-bond acceptors (Lipinski definition) is 6. The number of methoxy groups -OCH3 is 2. The summed E-state index contributed by atoms with van der Waals surface area (Å²) in [6.07, 6.45) is 3.46. The van der Waals surface area contributed by atoms with E-state index in [9.17, 15) is 9.59 Å². The Hall–Kier alpha value is -2.87. The van der Waals surface area contributed by atoms with E-state index in [4.69, 9.17) is 9.47 Å². The number of carbonyl (C=O) groups excluding carboxylic acids is 2. The van der Waals surface area contributed by atoms with E-state index in [1.807, 2.05) is 35.7 Å². The molecule has 1 aromatic carbocycles. The zero-order valence-electron chi connectivity index (χ0n) is 18.0. The summed E-state index contributed by atoms with van der Waals surface area (Å²) in [5, 5.41) is 8.19. The molecule has 0 N–H and O–H groups in total. The fraction of sp³-hybridized carbons (Fsp3) is 0.435. The molecule has 0 spiro atoms. The largest absolute Gasteiger partial charge is 0.497 e. The Morgan fingerprint density at radius 2 is 2.03 bits per heavy atom. The molecule has 1 fully saturated rings. The van der Waals surface area contributed by atoms with Crippen LogP contribution in [0.1, 0.15) is 42.2 Å². The Kier molecular flexibility index (Phi) is 6.27. The molecule has 1 aromatic heterocycles. The number of ether oxygens (including phenoxy) is 2. The molecular formula is C23H27N3O4S. The van der Waals surface area contributed by atoms with Crippen LogP contribution in [0.15, 0.2) is 40.8 Å². The second-order valence-electron chi connectivity index (χ2n) is 7.91. The summed E-state index contributed by atoms with van der Waals surface area (Å²) in [5.74, 6) is 1.24. The van der Waals surface area contributed by atoms with Gasteiger partial charge in [0.25, 0.3) is 5.91 Å². The number of amides is 2. The monoisotopic (exact) mass is 441 g/mol. The molecule has 31 heavy (non-hydrogen) atoms. The van der Waals surface area contributed by atoms with Gasteiger partial charge in [-0.2, -0.15) is 5.10 Å². The van der Waals surface area contributed by atoms with E-state index in [0.717, 1.165) is 35.4 Å². The lowest BCUT2D eigenvalue weighted by atomic mass is 9.84. The highest BCUT2D eigenvalue weighted by Gasteiger charge is 2.37. The molecule has 0 bridgehead atoms. The number of rotatable bonds is 7. The number of thiophene rings is 1. The predicted octanol–water partition coefficient (Wildman–Crippen LogP) is 3.70. The summed E-state index contributed by atoms with van der Waals surface area (Å²) >= 11 is 1.59. The highest BCUT2D eigenvalue weighted by molar-refractivity contribution is 7.12. The molecule has 0 saturated heterocycles. The van der Waals surface area contributed by atoms with Crippen LogP contribution in [0.3, 0.4) is 0 Å². The van der Waals surface area contributed by atoms with Crippen LogP contribution in [-0.2, 0) is 9.59 Å². The third-order valence-electron chi connectivity index (χ3n) is 5.97. The summed E-state index contributed by atoms with van der Waals surface area (Å²) in [6.45, 7) is -0.000657. The molecular weight excluding hydrogens is 414 g/mol. The first-order valence-corrected chi connectivity index (χ1v) is 11.3. The maximum atomic E-state index is 13.3. The minimum Gasteiger partial charge on any atom is -0.497 e. The topological polar surface area (TPSA) is 71.4 Å². The molecule has 1 saturated carbocycles. The highest BCUT2D eigenvalue weighted by Crippen LogP contribution is 2.40. The molecule has 164 valence electrons. The van der Waals surface area contributed by atoms with Crippen LogP contribution in [0.25, 0.3) is 0 Å². The number of hydrazone groups is 1. The van der Waals surface area contributed by atoms with Gasteiger partial charge >= 0.3 is 0 Å². The Balaban J connectivity index is 1.62. The Morgan fingerprint density at radius 3 is 2.65 bits per heavy atom. The molecule has 4 rings (SSSR count). The molecule has 1 unspecified atom stereocenters. The van der Waals surface area contributed by atoms with Crippen LogP contribution in [0.2, 0.25) is 0 Å². The molecule has 2 aliphatic rings. The molecule has 1 aliphatic carbocycles. The van der Waals surface area contributed by atoms with Crippen molar-refractivity contribution < 1.29 is 19.1 Å². The van der Waals surface area contributed by atoms with E-state index in [2.05, 4.69) is 5.10 Å². The summed E-state index contributed by atoms with van der Waals surface area (Å²) < 4.78 is 11.0. The Bertz CT molecular complexity index is 985. The van der Waals surface area contributed by atoms with Crippen molar-refractivity contribution in [1.82, 2.24) is 9.91 Å². The minimum absolute atomic E-state index is 0.000657. The maximum absolute atomic E-state index is 13.3. The van der Waals surface area contributed by atoms with Gasteiger partial charge < -0.3 is 14.4 Å². The van der Waals surface area contributed by atoms with E-state index in [1.165, 1.54) is 9.91 Å². The van der Waals surface area contributed by atoms with E-state index in [1.54, 1.807) is 32.6 Å². The molecule has 2 amide bonds. The SMILES string of the molecule is COc1ccc(OC)c(C2CC(c3cccs3)=NN2C(=O)CN(C)C(=O)C2CCC2)c1. The van der Waals surface area contributed by atoms with E-state index < -0.39 is 0 Å². The minimum atomic E-state index is -0.332. The smallest absolute Gasteiger partial charge is 0.262 e. The summed E-state index contributed by atoms with van der Waals surface area (Å²) in [4.78, 5) is 28.4. The van der Waals surface area contributed by atoms with Gasteiger partial charge in [-0.15, -0.1) is 11.3 Å². The van der Waals surface area contributed by atoms with E-state index >= 15 is 0 Å². The van der Waals surface area contributed by atoms with Crippen LogP contribution in [0.5, 0.6) is 11.5 Å². The summed E-state index contributed by atoms with van der Waals surface area (Å²) in [7, 11) is 4.91. The van der Waals surface area contributed by atoms with Gasteiger partial charge in [0.05, 0.1) is 30.9 Å². The van der Waals surface area contributed by atoms with E-state index in [-0.39, 0.29) is 30.3 Å². The van der Waals surface area contributed by atoms with Crippen molar-refractivity contribution in [3.8, 4) is 11.5 Å². The fourth-order valence-electron chi connectivity index (χ4n) is 3.99. The van der Waals surface area contributed by atoms with Gasteiger partial charge in [-0.25, -0.2) is 5.01 Å². The molecule has 8 heteroatoms. The van der Waals surface area contributed by atoms with Crippen LogP contribution in [-0.4, -0.2) is 55.2 Å². The first-order chi connectivity index (χ1) is 15.0. The zero-order chi connectivity index (χ0) is 22.0. The van der Waals surface area contributed by atoms with Crippen molar-refractivity contribution in [1.29, 1.82) is 0 Å². The molecule has 0 radical (unpaired) electrons. The van der Waals surface area contributed by atoms with Gasteiger partial charge in [0.1, 0.15) is 18.0 Å². The molecule has 2 heterocycles. The molecule has 1 aliphatic heterocycles. The normalized spacial score (nSPS) is 18.4. The lowest BCUT2D eigenvalue weighted by molar-refractivity contribution is -0.144. The lowest BCUT2D eigenvalue weighted by Gasteiger charge is -2.30. The van der Waals surface area contributed by atoms with Gasteiger partial charge in [0, 0.05) is 24.9 Å². The first kappa shape index (κ1) is 21.4. The summed E-state index contributed by atoms with van der Waals surface area (Å²) in [6, 6.07) is 9.20. The third-order valence-corrected chi connectivity index (χ3v) is 6.89. The van der Waals surface area contributed by atoms with Crippen LogP contribution in [0, 0.1) is 5.92 Å². The van der Waals surface area contributed by atoms with Gasteiger partial charge in [0.2, 0.25) is 5.91 Å². The van der Waals surface area contributed by atoms with Crippen molar-refractivity contribution in [2.24, 2.45) is 11.0 Å². The average Bonchev–Trinajstić information content (AvgIpc) is 3.41. The van der Waals surface area contributed by atoms with E-state index in [0.29, 0.717) is 17.9 Å². The quantitative estimate of drug-likeness (QED) is 0.657.